The Bertz CT molecular complexity index is 913. The van der Waals surface area contributed by atoms with Gasteiger partial charge in [-0.05, 0) is 38.0 Å². The maximum atomic E-state index is 13.0. The molecule has 0 radical (unpaired) electrons. The largest absolute Gasteiger partial charge is 0.360 e. The molecule has 1 heterocycles. The van der Waals surface area contributed by atoms with Gasteiger partial charge in [0.25, 0.3) is 0 Å². The first-order chi connectivity index (χ1) is 9.91. The molecule has 0 amide bonds. The third kappa shape index (κ3) is 2.16. The second-order valence-corrected chi connectivity index (χ2v) is 7.28. The summed E-state index contributed by atoms with van der Waals surface area (Å²) in [6.45, 7) is 5.67. The van der Waals surface area contributed by atoms with Gasteiger partial charge in [-0.3, -0.25) is 0 Å². The summed E-state index contributed by atoms with van der Waals surface area (Å²) in [5.74, 6) is 0. The predicted molar refractivity (Wildman–Crippen MR) is 84.4 cm³/mol. The number of nitrogens with one attached hydrogen (secondary N) is 1. The monoisotopic (exact) mass is 299 g/mol. The summed E-state index contributed by atoms with van der Waals surface area (Å²) in [6.07, 6.45) is 1.58. The number of benzene rings is 2. The number of aromatic amines is 1. The number of fused-ring (bicyclic) bond motifs is 1. The van der Waals surface area contributed by atoms with Gasteiger partial charge >= 0.3 is 0 Å². The van der Waals surface area contributed by atoms with E-state index in [1.807, 2.05) is 57.2 Å². The van der Waals surface area contributed by atoms with Gasteiger partial charge in [0.05, 0.1) is 9.79 Å². The Morgan fingerprint density at radius 2 is 1.57 bits per heavy atom. The lowest BCUT2D eigenvalue weighted by atomic mass is 10.1. The highest BCUT2D eigenvalue weighted by molar-refractivity contribution is 7.91. The van der Waals surface area contributed by atoms with E-state index in [9.17, 15) is 8.42 Å². The van der Waals surface area contributed by atoms with Crippen molar-refractivity contribution in [1.29, 1.82) is 0 Å². The fourth-order valence-electron chi connectivity index (χ4n) is 2.97. The lowest BCUT2D eigenvalue weighted by Crippen LogP contribution is -2.06. The van der Waals surface area contributed by atoms with Crippen LogP contribution in [0.2, 0.25) is 0 Å². The molecule has 1 N–H and O–H groups in total. The third-order valence-electron chi connectivity index (χ3n) is 3.71. The summed E-state index contributed by atoms with van der Waals surface area (Å²) in [7, 11) is -3.53. The average molecular weight is 299 g/mol. The molecule has 0 saturated carbocycles. The molecule has 0 aliphatic carbocycles. The fraction of sp³-hybridized carbons (Fsp3) is 0.176. The van der Waals surface area contributed by atoms with Crippen molar-refractivity contribution in [3.63, 3.8) is 0 Å². The van der Waals surface area contributed by atoms with Crippen LogP contribution < -0.4 is 0 Å². The van der Waals surface area contributed by atoms with Crippen molar-refractivity contribution in [2.45, 2.75) is 30.6 Å². The number of sulfone groups is 1. The minimum absolute atomic E-state index is 0.341. The molecule has 0 atom stereocenters. The van der Waals surface area contributed by atoms with Crippen LogP contribution in [0, 0.1) is 20.8 Å². The molecule has 0 bridgehead atoms. The lowest BCUT2D eigenvalue weighted by molar-refractivity contribution is 0.595. The highest BCUT2D eigenvalue weighted by Crippen LogP contribution is 2.32. The number of rotatable bonds is 2. The molecule has 0 aliphatic heterocycles. The smallest absolute Gasteiger partial charge is 0.209 e. The van der Waals surface area contributed by atoms with Crippen LogP contribution in [0.3, 0.4) is 0 Å². The van der Waals surface area contributed by atoms with E-state index in [0.29, 0.717) is 9.79 Å². The minimum Gasteiger partial charge on any atom is -0.360 e. The molecule has 0 saturated heterocycles. The standard InChI is InChI=1S/C17H17NO2S/c1-11-8-12(2)17(13(3)9-11)21(19,20)16-10-18-15-7-5-4-6-14(15)16/h4-10,18H,1-3H3. The quantitative estimate of drug-likeness (QED) is 0.779. The van der Waals surface area contributed by atoms with E-state index in [1.54, 1.807) is 6.20 Å². The molecule has 0 unspecified atom stereocenters. The normalized spacial score (nSPS) is 12.0. The van der Waals surface area contributed by atoms with E-state index in [0.717, 1.165) is 27.6 Å². The summed E-state index contributed by atoms with van der Waals surface area (Å²) in [6, 6.07) is 11.3. The van der Waals surface area contributed by atoms with E-state index in [1.165, 1.54) is 0 Å². The summed E-state index contributed by atoms with van der Waals surface area (Å²) in [4.78, 5) is 3.79. The van der Waals surface area contributed by atoms with Crippen molar-refractivity contribution < 1.29 is 8.42 Å². The van der Waals surface area contributed by atoms with Crippen LogP contribution in [0.25, 0.3) is 10.9 Å². The Balaban J connectivity index is 2.32. The fourth-order valence-corrected chi connectivity index (χ4v) is 4.83. The molecule has 0 aliphatic rings. The number of hydrogen-bond acceptors (Lipinski definition) is 2. The van der Waals surface area contributed by atoms with E-state index >= 15 is 0 Å². The number of hydrogen-bond donors (Lipinski definition) is 1. The molecule has 3 aromatic rings. The topological polar surface area (TPSA) is 49.9 Å². The third-order valence-corrected chi connectivity index (χ3v) is 5.81. The van der Waals surface area contributed by atoms with Gasteiger partial charge in [-0.2, -0.15) is 0 Å². The molecule has 0 spiro atoms. The molecule has 3 nitrogen and oxygen atoms in total. The molecule has 4 heteroatoms. The first-order valence-corrected chi connectivity index (χ1v) is 8.28. The van der Waals surface area contributed by atoms with Crippen LogP contribution in [-0.2, 0) is 9.84 Å². The van der Waals surface area contributed by atoms with Gasteiger partial charge in [0, 0.05) is 17.1 Å². The van der Waals surface area contributed by atoms with E-state index in [2.05, 4.69) is 4.98 Å². The maximum Gasteiger partial charge on any atom is 0.209 e. The molecule has 2 aromatic carbocycles. The highest BCUT2D eigenvalue weighted by atomic mass is 32.2. The van der Waals surface area contributed by atoms with E-state index < -0.39 is 9.84 Å². The molecule has 108 valence electrons. The van der Waals surface area contributed by atoms with Crippen LogP contribution in [0.15, 0.2) is 52.4 Å². The van der Waals surface area contributed by atoms with Crippen molar-refractivity contribution in [2.75, 3.05) is 0 Å². The Kier molecular flexibility index (Phi) is 3.14. The lowest BCUT2D eigenvalue weighted by Gasteiger charge is -2.11. The summed E-state index contributed by atoms with van der Waals surface area (Å²) in [5.41, 5.74) is 3.48. The molecule has 1 aromatic heterocycles. The van der Waals surface area contributed by atoms with Gasteiger partial charge in [0.1, 0.15) is 0 Å². The molecular formula is C17H17NO2S. The van der Waals surface area contributed by atoms with Crippen molar-refractivity contribution in [3.8, 4) is 0 Å². The van der Waals surface area contributed by atoms with Crippen molar-refractivity contribution in [1.82, 2.24) is 4.98 Å². The van der Waals surface area contributed by atoms with Gasteiger partial charge in [-0.25, -0.2) is 8.42 Å². The zero-order valence-electron chi connectivity index (χ0n) is 12.3. The number of aryl methyl sites for hydroxylation is 3. The second-order valence-electron chi connectivity index (χ2n) is 5.43. The number of para-hydroxylation sites is 1. The summed E-state index contributed by atoms with van der Waals surface area (Å²) < 4.78 is 26.1. The Morgan fingerprint density at radius 3 is 2.24 bits per heavy atom. The van der Waals surface area contributed by atoms with Crippen molar-refractivity contribution in [2.24, 2.45) is 0 Å². The van der Waals surface area contributed by atoms with Gasteiger partial charge in [0.2, 0.25) is 9.84 Å². The zero-order chi connectivity index (χ0) is 15.2. The van der Waals surface area contributed by atoms with Crippen LogP contribution in [0.4, 0.5) is 0 Å². The predicted octanol–water partition coefficient (Wildman–Crippen LogP) is 3.93. The number of H-pyrrole nitrogens is 1. The molecule has 21 heavy (non-hydrogen) atoms. The Morgan fingerprint density at radius 1 is 0.952 bits per heavy atom. The van der Waals surface area contributed by atoms with Gasteiger partial charge in [0.15, 0.2) is 0 Å². The van der Waals surface area contributed by atoms with E-state index in [4.69, 9.17) is 0 Å². The number of aromatic nitrogens is 1. The average Bonchev–Trinajstić information content (AvgIpc) is 2.81. The molecule has 0 fully saturated rings. The zero-order valence-corrected chi connectivity index (χ0v) is 13.1. The van der Waals surface area contributed by atoms with Crippen LogP contribution >= 0.6 is 0 Å². The van der Waals surface area contributed by atoms with Gasteiger partial charge in [-0.15, -0.1) is 0 Å². The van der Waals surface area contributed by atoms with Crippen LogP contribution in [0.5, 0.6) is 0 Å². The van der Waals surface area contributed by atoms with Crippen LogP contribution in [0.1, 0.15) is 16.7 Å². The first kappa shape index (κ1) is 13.9. The van der Waals surface area contributed by atoms with Crippen molar-refractivity contribution in [3.05, 3.63) is 59.3 Å². The minimum atomic E-state index is -3.53. The summed E-state index contributed by atoms with van der Waals surface area (Å²) >= 11 is 0. The van der Waals surface area contributed by atoms with Gasteiger partial charge in [-0.1, -0.05) is 35.9 Å². The SMILES string of the molecule is Cc1cc(C)c(S(=O)(=O)c2c[nH]c3ccccc23)c(C)c1. The Labute approximate surface area is 124 Å². The molecular weight excluding hydrogens is 282 g/mol. The van der Waals surface area contributed by atoms with Gasteiger partial charge < -0.3 is 4.98 Å². The Hall–Kier alpha value is -2.07. The summed E-state index contributed by atoms with van der Waals surface area (Å²) in [5, 5.41) is 0.733. The second kappa shape index (κ2) is 4.74. The molecule has 3 rings (SSSR count). The highest BCUT2D eigenvalue weighted by Gasteiger charge is 2.25. The van der Waals surface area contributed by atoms with Crippen LogP contribution in [-0.4, -0.2) is 13.4 Å². The van der Waals surface area contributed by atoms with E-state index in [-0.39, 0.29) is 0 Å². The first-order valence-electron chi connectivity index (χ1n) is 6.80. The maximum absolute atomic E-state index is 13.0. The van der Waals surface area contributed by atoms with Crippen molar-refractivity contribution >= 4 is 20.7 Å².